The summed E-state index contributed by atoms with van der Waals surface area (Å²) in [5, 5.41) is 5.88. The highest BCUT2D eigenvalue weighted by molar-refractivity contribution is 6.03. The fourth-order valence-electron chi connectivity index (χ4n) is 3.43. The van der Waals surface area contributed by atoms with Crippen molar-refractivity contribution in [2.75, 3.05) is 11.1 Å². The fraction of sp³-hybridized carbons (Fsp3) is 0.250. The summed E-state index contributed by atoms with van der Waals surface area (Å²) in [6.45, 7) is 3.37. The van der Waals surface area contributed by atoms with Crippen molar-refractivity contribution in [3.63, 3.8) is 0 Å². The van der Waals surface area contributed by atoms with E-state index in [0.29, 0.717) is 11.4 Å². The summed E-state index contributed by atoms with van der Waals surface area (Å²) in [6, 6.07) is 11.5. The maximum absolute atomic E-state index is 14.6. The van der Waals surface area contributed by atoms with Gasteiger partial charge in [-0.05, 0) is 56.5 Å². The van der Waals surface area contributed by atoms with Crippen LogP contribution >= 0.6 is 0 Å². The summed E-state index contributed by atoms with van der Waals surface area (Å²) in [7, 11) is 1.53. The van der Waals surface area contributed by atoms with Gasteiger partial charge in [-0.25, -0.2) is 4.39 Å². The number of hydrogen-bond donors (Lipinski definition) is 3. The molecule has 1 aliphatic rings. The Labute approximate surface area is 185 Å². The van der Waals surface area contributed by atoms with Crippen molar-refractivity contribution < 1.29 is 13.9 Å². The first kappa shape index (κ1) is 21.4. The number of amides is 1. The average Bonchev–Trinajstić information content (AvgIpc) is 3.55. The number of aromatic nitrogens is 1. The van der Waals surface area contributed by atoms with Crippen molar-refractivity contribution in [3.05, 3.63) is 75.3 Å². The first-order valence-corrected chi connectivity index (χ1v) is 10.4. The Morgan fingerprint density at radius 1 is 1.19 bits per heavy atom. The lowest BCUT2D eigenvalue weighted by Gasteiger charge is -2.21. The molecule has 0 bridgehead atoms. The number of nitrogens with two attached hydrogens (primary N) is 1. The number of anilines is 3. The number of nitrogen functional groups attached to an aromatic ring is 1. The molecule has 0 spiro atoms. The summed E-state index contributed by atoms with van der Waals surface area (Å²) in [5.74, 6) is -0.272. The molecule has 166 valence electrons. The molecule has 3 aromatic rings. The monoisotopic (exact) mass is 436 g/mol. The van der Waals surface area contributed by atoms with Gasteiger partial charge in [0.15, 0.2) is 5.75 Å². The Bertz CT molecular complexity index is 1260. The van der Waals surface area contributed by atoms with E-state index in [1.165, 1.54) is 17.7 Å². The molecule has 1 heterocycles. The third kappa shape index (κ3) is 4.30. The molecule has 1 aliphatic carbocycles. The smallest absolute Gasteiger partial charge is 0.259 e. The normalized spacial score (nSPS) is 13.0. The van der Waals surface area contributed by atoms with Gasteiger partial charge in [0.25, 0.3) is 11.5 Å². The molecule has 8 heteroatoms. The SMILES string of the molecule is Cc1ccc(Nc2c(C(=O)NC3CC3)c(Oc3cccc(N)c3)c(C)c(=O)n2C)c(F)c1. The number of nitrogens with one attached hydrogen (secondary N) is 2. The average molecular weight is 436 g/mol. The molecule has 4 rings (SSSR count). The first-order valence-electron chi connectivity index (χ1n) is 10.4. The molecule has 0 aliphatic heterocycles. The number of pyridine rings is 1. The van der Waals surface area contributed by atoms with Crippen molar-refractivity contribution in [1.82, 2.24) is 9.88 Å². The minimum atomic E-state index is -0.495. The number of rotatable bonds is 6. The molecule has 1 fully saturated rings. The molecule has 1 aromatic heterocycles. The van der Waals surface area contributed by atoms with Crippen LogP contribution in [0.25, 0.3) is 0 Å². The molecule has 0 atom stereocenters. The van der Waals surface area contributed by atoms with Crippen LogP contribution in [0.3, 0.4) is 0 Å². The molecule has 0 radical (unpaired) electrons. The van der Waals surface area contributed by atoms with Crippen LogP contribution in [0.2, 0.25) is 0 Å². The molecule has 7 nitrogen and oxygen atoms in total. The van der Waals surface area contributed by atoms with Crippen LogP contribution in [0.1, 0.15) is 34.3 Å². The van der Waals surface area contributed by atoms with E-state index in [0.717, 1.165) is 18.4 Å². The maximum atomic E-state index is 14.6. The second kappa shape index (κ2) is 8.37. The lowest BCUT2D eigenvalue weighted by Crippen LogP contribution is -2.31. The van der Waals surface area contributed by atoms with Crippen molar-refractivity contribution in [2.24, 2.45) is 7.05 Å². The Morgan fingerprint density at radius 3 is 2.59 bits per heavy atom. The van der Waals surface area contributed by atoms with Crippen LogP contribution in [-0.4, -0.2) is 16.5 Å². The minimum absolute atomic E-state index is 0.0734. The third-order valence-corrected chi connectivity index (χ3v) is 5.36. The predicted octanol–water partition coefficient (Wildman–Crippen LogP) is 4.15. The zero-order valence-electron chi connectivity index (χ0n) is 18.2. The lowest BCUT2D eigenvalue weighted by atomic mass is 10.1. The Balaban J connectivity index is 1.89. The van der Waals surface area contributed by atoms with Crippen molar-refractivity contribution >= 4 is 23.1 Å². The molecule has 4 N–H and O–H groups in total. The van der Waals surface area contributed by atoms with Gasteiger partial charge < -0.3 is 21.1 Å². The number of aryl methyl sites for hydroxylation is 1. The van der Waals surface area contributed by atoms with E-state index in [-0.39, 0.29) is 40.0 Å². The topological polar surface area (TPSA) is 98.4 Å². The minimum Gasteiger partial charge on any atom is -0.456 e. The Hall–Kier alpha value is -3.81. The summed E-state index contributed by atoms with van der Waals surface area (Å²) in [6.07, 6.45) is 1.77. The van der Waals surface area contributed by atoms with E-state index >= 15 is 0 Å². The van der Waals surface area contributed by atoms with Gasteiger partial charge in [-0.15, -0.1) is 0 Å². The third-order valence-electron chi connectivity index (χ3n) is 5.36. The van der Waals surface area contributed by atoms with Crippen LogP contribution in [0.4, 0.5) is 21.6 Å². The summed E-state index contributed by atoms with van der Waals surface area (Å²) >= 11 is 0. The van der Waals surface area contributed by atoms with Crippen LogP contribution in [0, 0.1) is 19.7 Å². The highest BCUT2D eigenvalue weighted by atomic mass is 19.1. The van der Waals surface area contributed by atoms with Crippen molar-refractivity contribution in [2.45, 2.75) is 32.7 Å². The lowest BCUT2D eigenvalue weighted by molar-refractivity contribution is 0.0949. The van der Waals surface area contributed by atoms with Gasteiger partial charge >= 0.3 is 0 Å². The molecule has 0 unspecified atom stereocenters. The molecular formula is C24H25FN4O3. The second-order valence-corrected chi connectivity index (χ2v) is 8.07. The molecule has 0 saturated heterocycles. The van der Waals surface area contributed by atoms with Crippen molar-refractivity contribution in [3.8, 4) is 11.5 Å². The first-order chi connectivity index (χ1) is 15.2. The highest BCUT2D eigenvalue weighted by Gasteiger charge is 2.30. The van der Waals surface area contributed by atoms with Gasteiger partial charge in [-0.1, -0.05) is 12.1 Å². The number of nitrogens with zero attached hydrogens (tertiary/aromatic N) is 1. The van der Waals surface area contributed by atoms with Crippen LogP contribution in [0.5, 0.6) is 11.5 Å². The predicted molar refractivity (Wildman–Crippen MR) is 122 cm³/mol. The molecule has 32 heavy (non-hydrogen) atoms. The van der Waals surface area contributed by atoms with Gasteiger partial charge in [-0.3, -0.25) is 14.2 Å². The summed E-state index contributed by atoms with van der Waals surface area (Å²) in [5.41, 5.74) is 7.24. The number of carbonyl (C=O) groups is 1. The largest absolute Gasteiger partial charge is 0.456 e. The molecular weight excluding hydrogens is 411 g/mol. The zero-order chi connectivity index (χ0) is 23.0. The van der Waals surface area contributed by atoms with Gasteiger partial charge in [0.2, 0.25) is 0 Å². The molecule has 1 amide bonds. The van der Waals surface area contributed by atoms with E-state index in [9.17, 15) is 14.0 Å². The van der Waals surface area contributed by atoms with Crippen LogP contribution in [-0.2, 0) is 7.05 Å². The second-order valence-electron chi connectivity index (χ2n) is 8.07. The van der Waals surface area contributed by atoms with E-state index in [4.69, 9.17) is 10.5 Å². The van der Waals surface area contributed by atoms with Crippen LogP contribution < -0.4 is 26.7 Å². The number of carbonyl (C=O) groups excluding carboxylic acids is 1. The van der Waals surface area contributed by atoms with E-state index in [1.54, 1.807) is 50.2 Å². The highest BCUT2D eigenvalue weighted by Crippen LogP contribution is 2.35. The number of halogens is 1. The van der Waals surface area contributed by atoms with Gasteiger partial charge in [0.05, 0.1) is 11.3 Å². The van der Waals surface area contributed by atoms with Crippen LogP contribution in [0.15, 0.2) is 47.3 Å². The quantitative estimate of drug-likeness (QED) is 0.504. The van der Waals surface area contributed by atoms with E-state index in [2.05, 4.69) is 10.6 Å². The van der Waals surface area contributed by atoms with Gasteiger partial charge in [0.1, 0.15) is 22.9 Å². The van der Waals surface area contributed by atoms with Gasteiger partial charge in [0, 0.05) is 24.8 Å². The standard InChI is InChI=1S/C24H25FN4O3/c1-13-7-10-19(18(25)11-13)28-22-20(23(30)27-16-8-9-16)21(14(2)24(31)29(22)3)32-17-6-4-5-15(26)12-17/h4-7,10-12,16,28H,8-9,26H2,1-3H3,(H,27,30). The Kier molecular flexibility index (Phi) is 5.61. The van der Waals surface area contributed by atoms with E-state index < -0.39 is 11.7 Å². The summed E-state index contributed by atoms with van der Waals surface area (Å²) < 4.78 is 21.9. The van der Waals surface area contributed by atoms with E-state index in [1.807, 2.05) is 0 Å². The van der Waals surface area contributed by atoms with Crippen molar-refractivity contribution in [1.29, 1.82) is 0 Å². The van der Waals surface area contributed by atoms with Gasteiger partial charge in [-0.2, -0.15) is 0 Å². The number of hydrogen-bond acceptors (Lipinski definition) is 5. The summed E-state index contributed by atoms with van der Waals surface area (Å²) in [4.78, 5) is 26.3. The number of benzene rings is 2. The molecule has 1 saturated carbocycles. The Morgan fingerprint density at radius 2 is 1.94 bits per heavy atom. The fourth-order valence-corrected chi connectivity index (χ4v) is 3.43. The molecule has 2 aromatic carbocycles. The maximum Gasteiger partial charge on any atom is 0.259 e. The number of ether oxygens (including phenoxy) is 1. The zero-order valence-corrected chi connectivity index (χ0v) is 18.2.